The van der Waals surface area contributed by atoms with Crippen LogP contribution in [-0.4, -0.2) is 47.8 Å². The van der Waals surface area contributed by atoms with Gasteiger partial charge in [-0.25, -0.2) is 0 Å². The van der Waals surface area contributed by atoms with Gasteiger partial charge in [-0.3, -0.25) is 4.79 Å². The van der Waals surface area contributed by atoms with Crippen LogP contribution in [0.2, 0.25) is 0 Å². The van der Waals surface area contributed by atoms with E-state index in [0.717, 1.165) is 44.5 Å². The third-order valence-corrected chi connectivity index (χ3v) is 4.93. The lowest BCUT2D eigenvalue weighted by atomic mass is 9.98. The molecule has 1 N–H and O–H groups in total. The summed E-state index contributed by atoms with van der Waals surface area (Å²) in [6, 6.07) is 6.78. The van der Waals surface area contributed by atoms with Gasteiger partial charge in [0, 0.05) is 25.9 Å². The Hall–Kier alpha value is -1.75. The van der Waals surface area contributed by atoms with Gasteiger partial charge in [0.1, 0.15) is 24.2 Å². The van der Waals surface area contributed by atoms with Crippen LogP contribution in [0, 0.1) is 0 Å². The maximum Gasteiger partial charge on any atom is 0.248 e. The van der Waals surface area contributed by atoms with Gasteiger partial charge in [-0.05, 0) is 37.1 Å². The number of piperidine rings is 1. The molecule has 132 valence electrons. The van der Waals surface area contributed by atoms with Crippen LogP contribution in [0.4, 0.5) is 0 Å². The molecule has 2 fully saturated rings. The predicted octanol–water partition coefficient (Wildman–Crippen LogP) is 3.11. The standard InChI is InChI=1S/C19H27NO4/c21-15-6-8-17(9-7-15)24-18-10-12-20(13-11-18)19(22)14-23-16-4-2-1-3-5-16/h6-9,16,18,21H,1-5,10-14H2. The lowest BCUT2D eigenvalue weighted by Gasteiger charge is -2.32. The molecule has 5 nitrogen and oxygen atoms in total. The first-order chi connectivity index (χ1) is 11.7. The van der Waals surface area contributed by atoms with Crippen molar-refractivity contribution >= 4 is 5.91 Å². The summed E-state index contributed by atoms with van der Waals surface area (Å²) >= 11 is 0. The van der Waals surface area contributed by atoms with Gasteiger partial charge in [-0.15, -0.1) is 0 Å². The van der Waals surface area contributed by atoms with Crippen molar-refractivity contribution in [1.82, 2.24) is 4.90 Å². The largest absolute Gasteiger partial charge is 0.508 e. The fourth-order valence-corrected chi connectivity index (χ4v) is 3.45. The number of carbonyl (C=O) groups is 1. The number of ether oxygens (including phenoxy) is 2. The number of phenols is 1. The summed E-state index contributed by atoms with van der Waals surface area (Å²) in [5, 5.41) is 9.29. The summed E-state index contributed by atoms with van der Waals surface area (Å²) in [4.78, 5) is 14.2. The summed E-state index contributed by atoms with van der Waals surface area (Å²) in [7, 11) is 0. The second kappa shape index (κ2) is 8.38. The smallest absolute Gasteiger partial charge is 0.248 e. The van der Waals surface area contributed by atoms with E-state index in [1.807, 2.05) is 4.90 Å². The maximum atomic E-state index is 12.3. The fraction of sp³-hybridized carbons (Fsp3) is 0.632. The Morgan fingerprint density at radius 3 is 2.33 bits per heavy atom. The molecule has 1 saturated carbocycles. The summed E-state index contributed by atoms with van der Waals surface area (Å²) in [6.45, 7) is 1.65. The van der Waals surface area contributed by atoms with Gasteiger partial charge in [-0.2, -0.15) is 0 Å². The van der Waals surface area contributed by atoms with Gasteiger partial charge in [0.05, 0.1) is 6.10 Å². The van der Waals surface area contributed by atoms with Gasteiger partial charge >= 0.3 is 0 Å². The van der Waals surface area contributed by atoms with E-state index in [-0.39, 0.29) is 30.5 Å². The van der Waals surface area contributed by atoms with Gasteiger partial charge in [-0.1, -0.05) is 19.3 Å². The second-order valence-electron chi connectivity index (χ2n) is 6.76. The van der Waals surface area contributed by atoms with E-state index in [9.17, 15) is 9.90 Å². The average Bonchev–Trinajstić information content (AvgIpc) is 2.63. The number of carbonyl (C=O) groups excluding carboxylic acids is 1. The van der Waals surface area contributed by atoms with E-state index in [1.165, 1.54) is 19.3 Å². The molecule has 3 rings (SSSR count). The zero-order valence-electron chi connectivity index (χ0n) is 14.2. The van der Waals surface area contributed by atoms with Crippen molar-refractivity contribution in [2.75, 3.05) is 19.7 Å². The van der Waals surface area contributed by atoms with Crippen LogP contribution in [0.15, 0.2) is 24.3 Å². The molecule has 1 heterocycles. The quantitative estimate of drug-likeness (QED) is 0.899. The number of likely N-dealkylation sites (tertiary alicyclic amines) is 1. The molecular weight excluding hydrogens is 306 g/mol. The van der Waals surface area contributed by atoms with Crippen LogP contribution in [0.25, 0.3) is 0 Å². The minimum atomic E-state index is 0.101. The molecule has 2 aliphatic rings. The predicted molar refractivity (Wildman–Crippen MR) is 91.2 cm³/mol. The zero-order valence-corrected chi connectivity index (χ0v) is 14.2. The molecule has 1 saturated heterocycles. The molecule has 0 radical (unpaired) electrons. The van der Waals surface area contributed by atoms with Crippen LogP contribution in [0.3, 0.4) is 0 Å². The number of rotatable bonds is 5. The van der Waals surface area contributed by atoms with Crippen molar-refractivity contribution in [2.24, 2.45) is 0 Å². The molecule has 1 aromatic rings. The first-order valence-corrected chi connectivity index (χ1v) is 9.06. The number of hydrogen-bond acceptors (Lipinski definition) is 4. The van der Waals surface area contributed by atoms with Crippen LogP contribution in [0.5, 0.6) is 11.5 Å². The van der Waals surface area contributed by atoms with Crippen molar-refractivity contribution in [2.45, 2.75) is 57.2 Å². The topological polar surface area (TPSA) is 59.0 Å². The number of phenolic OH excluding ortho intramolecular Hbond substituents is 1. The van der Waals surface area contributed by atoms with Gasteiger partial charge in [0.25, 0.3) is 0 Å². The van der Waals surface area contributed by atoms with Crippen LogP contribution in [0.1, 0.15) is 44.9 Å². The van der Waals surface area contributed by atoms with E-state index in [1.54, 1.807) is 24.3 Å². The molecule has 1 aliphatic heterocycles. The molecule has 1 amide bonds. The summed E-state index contributed by atoms with van der Waals surface area (Å²) < 4.78 is 11.7. The summed E-state index contributed by atoms with van der Waals surface area (Å²) in [5.41, 5.74) is 0. The van der Waals surface area contributed by atoms with Crippen molar-refractivity contribution in [3.8, 4) is 11.5 Å². The Morgan fingerprint density at radius 2 is 1.67 bits per heavy atom. The first-order valence-electron chi connectivity index (χ1n) is 9.06. The van der Waals surface area contributed by atoms with Crippen LogP contribution in [-0.2, 0) is 9.53 Å². The molecule has 0 unspecified atom stereocenters. The maximum absolute atomic E-state index is 12.3. The Bertz CT molecular complexity index is 517. The monoisotopic (exact) mass is 333 g/mol. The highest BCUT2D eigenvalue weighted by atomic mass is 16.5. The van der Waals surface area contributed by atoms with Crippen LogP contribution < -0.4 is 4.74 Å². The molecule has 0 aromatic heterocycles. The summed E-state index contributed by atoms with van der Waals surface area (Å²) in [5.74, 6) is 1.10. The van der Waals surface area contributed by atoms with E-state index >= 15 is 0 Å². The first kappa shape index (κ1) is 17.1. The number of aromatic hydroxyl groups is 1. The highest BCUT2D eigenvalue weighted by Gasteiger charge is 2.25. The Kier molecular flexibility index (Phi) is 5.96. The molecule has 1 aliphatic carbocycles. The van der Waals surface area contributed by atoms with E-state index in [4.69, 9.17) is 9.47 Å². The highest BCUT2D eigenvalue weighted by molar-refractivity contribution is 5.77. The Labute approximate surface area is 143 Å². The third kappa shape index (κ3) is 4.87. The number of benzene rings is 1. The minimum Gasteiger partial charge on any atom is -0.508 e. The lowest BCUT2D eigenvalue weighted by Crippen LogP contribution is -2.43. The SMILES string of the molecule is O=C(COC1CCCCC1)N1CCC(Oc2ccc(O)cc2)CC1. The van der Waals surface area contributed by atoms with Crippen molar-refractivity contribution in [1.29, 1.82) is 0 Å². The Balaban J connectivity index is 1.37. The molecular formula is C19H27NO4. The normalized spacial score (nSPS) is 20.1. The van der Waals surface area contributed by atoms with E-state index < -0.39 is 0 Å². The van der Waals surface area contributed by atoms with Crippen molar-refractivity contribution < 1.29 is 19.4 Å². The minimum absolute atomic E-state index is 0.101. The highest BCUT2D eigenvalue weighted by Crippen LogP contribution is 2.22. The Morgan fingerprint density at radius 1 is 1.00 bits per heavy atom. The average molecular weight is 333 g/mol. The van der Waals surface area contributed by atoms with E-state index in [0.29, 0.717) is 0 Å². The molecule has 0 bridgehead atoms. The van der Waals surface area contributed by atoms with Crippen LogP contribution >= 0.6 is 0 Å². The number of amides is 1. The fourth-order valence-electron chi connectivity index (χ4n) is 3.45. The molecule has 0 spiro atoms. The number of hydrogen-bond donors (Lipinski definition) is 1. The number of nitrogens with zero attached hydrogens (tertiary/aromatic N) is 1. The second-order valence-corrected chi connectivity index (χ2v) is 6.76. The molecule has 0 atom stereocenters. The van der Waals surface area contributed by atoms with Gasteiger partial charge in [0.2, 0.25) is 5.91 Å². The zero-order chi connectivity index (χ0) is 16.8. The molecule has 1 aromatic carbocycles. The van der Waals surface area contributed by atoms with E-state index in [2.05, 4.69) is 0 Å². The summed E-state index contributed by atoms with van der Waals surface area (Å²) in [6.07, 6.45) is 7.98. The van der Waals surface area contributed by atoms with Gasteiger partial charge < -0.3 is 19.5 Å². The van der Waals surface area contributed by atoms with Crippen molar-refractivity contribution in [3.05, 3.63) is 24.3 Å². The lowest BCUT2D eigenvalue weighted by molar-refractivity contribution is -0.140. The molecule has 24 heavy (non-hydrogen) atoms. The third-order valence-electron chi connectivity index (χ3n) is 4.93. The molecule has 5 heteroatoms. The van der Waals surface area contributed by atoms with Crippen molar-refractivity contribution in [3.63, 3.8) is 0 Å². The van der Waals surface area contributed by atoms with Gasteiger partial charge in [0.15, 0.2) is 0 Å².